The van der Waals surface area contributed by atoms with Crippen LogP contribution < -0.4 is 4.74 Å². The van der Waals surface area contributed by atoms with Crippen LogP contribution in [0, 0.1) is 28.8 Å². The molecule has 3 aromatic carbocycles. The van der Waals surface area contributed by atoms with Crippen molar-refractivity contribution in [2.75, 3.05) is 6.61 Å². The molecule has 0 bridgehead atoms. The normalized spacial score (nSPS) is 11.5. The number of pyridine rings is 1. The second kappa shape index (κ2) is 12.8. The van der Waals surface area contributed by atoms with Gasteiger partial charge in [0, 0.05) is 30.2 Å². The summed E-state index contributed by atoms with van der Waals surface area (Å²) >= 11 is 0. The van der Waals surface area contributed by atoms with E-state index in [9.17, 15) is 14.3 Å². The molecule has 11 heteroatoms. The molecule has 230 valence electrons. The molecular weight excluding hydrogens is 585 g/mol. The zero-order valence-electron chi connectivity index (χ0n) is 24.8. The van der Waals surface area contributed by atoms with Gasteiger partial charge >= 0.3 is 5.97 Å². The first kappa shape index (κ1) is 31.2. The van der Waals surface area contributed by atoms with Gasteiger partial charge in [-0.1, -0.05) is 12.1 Å². The van der Waals surface area contributed by atoms with Crippen molar-refractivity contribution in [2.24, 2.45) is 0 Å². The lowest BCUT2D eigenvalue weighted by atomic mass is 10.0. The van der Waals surface area contributed by atoms with Gasteiger partial charge in [-0.25, -0.2) is 27.9 Å². The number of fused-ring (bicyclic) bond motifs is 1. The molecule has 0 spiro atoms. The number of hydrogen-bond acceptors (Lipinski definition) is 6. The summed E-state index contributed by atoms with van der Waals surface area (Å²) in [6.07, 6.45) is -0.0671. The standard InChI is InChI=1S/C34H29F3N4O4/c1-34(2,3)45-12-11-41-30-15-21(33(42)43)9-10-29(30)39-31(41)16-23-14-27(37)24(17-26(23)36)28-5-4-6-32(40-28)44-19-22-8-7-20(18-38)13-25(22)35/h4-10,13-15,17H,11-12,16,19H2,1-3H3,(H,42,43). The van der Waals surface area contributed by atoms with Crippen LogP contribution in [0.2, 0.25) is 0 Å². The van der Waals surface area contributed by atoms with Gasteiger partial charge in [-0.05, 0) is 74.9 Å². The van der Waals surface area contributed by atoms with Crippen LogP contribution >= 0.6 is 0 Å². The molecule has 0 aliphatic rings. The fourth-order valence-electron chi connectivity index (χ4n) is 4.75. The average molecular weight is 615 g/mol. The number of benzene rings is 3. The van der Waals surface area contributed by atoms with Gasteiger partial charge in [0.1, 0.15) is 29.9 Å². The Hall–Kier alpha value is -5.21. The van der Waals surface area contributed by atoms with Gasteiger partial charge in [-0.3, -0.25) is 0 Å². The molecule has 0 radical (unpaired) electrons. The highest BCUT2D eigenvalue weighted by Crippen LogP contribution is 2.28. The minimum Gasteiger partial charge on any atom is -0.478 e. The van der Waals surface area contributed by atoms with Crippen LogP contribution in [-0.2, 0) is 24.3 Å². The Bertz CT molecular complexity index is 1940. The summed E-state index contributed by atoms with van der Waals surface area (Å²) in [5.74, 6) is -2.61. The zero-order chi connectivity index (χ0) is 32.3. The number of carboxylic acids is 1. The Kier molecular flexibility index (Phi) is 8.88. The van der Waals surface area contributed by atoms with Gasteiger partial charge in [0.15, 0.2) is 0 Å². The van der Waals surface area contributed by atoms with Crippen LogP contribution in [0.3, 0.4) is 0 Å². The number of halogens is 3. The van der Waals surface area contributed by atoms with Gasteiger partial charge in [0.05, 0.1) is 46.1 Å². The van der Waals surface area contributed by atoms with E-state index in [1.165, 1.54) is 36.4 Å². The molecule has 0 aliphatic carbocycles. The number of aromatic carboxylic acids is 1. The van der Waals surface area contributed by atoms with Crippen LogP contribution in [0.1, 0.15) is 53.6 Å². The summed E-state index contributed by atoms with van der Waals surface area (Å²) < 4.78 is 58.4. The van der Waals surface area contributed by atoms with Crippen molar-refractivity contribution in [3.63, 3.8) is 0 Å². The van der Waals surface area contributed by atoms with E-state index in [2.05, 4.69) is 9.97 Å². The number of carboxylic acid groups (broad SMARTS) is 1. The van der Waals surface area contributed by atoms with Gasteiger partial charge in [0.2, 0.25) is 5.88 Å². The average Bonchev–Trinajstić information content (AvgIpc) is 3.33. The van der Waals surface area contributed by atoms with Crippen molar-refractivity contribution in [3.8, 4) is 23.2 Å². The number of carbonyl (C=O) groups is 1. The summed E-state index contributed by atoms with van der Waals surface area (Å²) in [5.41, 5.74) is 1.18. The first-order valence-corrected chi connectivity index (χ1v) is 14.0. The van der Waals surface area contributed by atoms with Crippen molar-refractivity contribution in [1.29, 1.82) is 5.26 Å². The smallest absolute Gasteiger partial charge is 0.335 e. The fraction of sp³-hybridized carbons (Fsp3) is 0.235. The Morgan fingerprint density at radius 3 is 2.44 bits per heavy atom. The summed E-state index contributed by atoms with van der Waals surface area (Å²) in [6.45, 7) is 6.16. The minimum absolute atomic E-state index is 0.0479. The number of nitrogens with zero attached hydrogens (tertiary/aromatic N) is 4. The molecule has 5 aromatic rings. The van der Waals surface area contributed by atoms with Gasteiger partial charge in [0.25, 0.3) is 0 Å². The van der Waals surface area contributed by atoms with E-state index in [4.69, 9.17) is 14.7 Å². The molecule has 2 aromatic heterocycles. The second-order valence-corrected chi connectivity index (χ2v) is 11.3. The number of hydrogen-bond donors (Lipinski definition) is 1. The number of imidazole rings is 1. The van der Waals surface area contributed by atoms with Crippen molar-refractivity contribution >= 4 is 17.0 Å². The van der Waals surface area contributed by atoms with E-state index in [0.717, 1.165) is 18.2 Å². The van der Waals surface area contributed by atoms with Crippen LogP contribution in [0.25, 0.3) is 22.3 Å². The Morgan fingerprint density at radius 2 is 1.73 bits per heavy atom. The van der Waals surface area contributed by atoms with Crippen molar-refractivity contribution in [3.05, 3.63) is 112 Å². The van der Waals surface area contributed by atoms with Crippen LogP contribution in [0.4, 0.5) is 13.2 Å². The highest BCUT2D eigenvalue weighted by molar-refractivity contribution is 5.92. The summed E-state index contributed by atoms with van der Waals surface area (Å²) in [4.78, 5) is 20.5. The molecule has 0 unspecified atom stereocenters. The first-order valence-electron chi connectivity index (χ1n) is 14.0. The molecule has 0 amide bonds. The highest BCUT2D eigenvalue weighted by Gasteiger charge is 2.19. The van der Waals surface area contributed by atoms with E-state index in [-0.39, 0.29) is 59.0 Å². The third kappa shape index (κ3) is 7.30. The molecule has 8 nitrogen and oxygen atoms in total. The maximum atomic E-state index is 15.5. The molecule has 1 N–H and O–H groups in total. The lowest BCUT2D eigenvalue weighted by Crippen LogP contribution is -2.22. The lowest BCUT2D eigenvalue weighted by Gasteiger charge is -2.20. The summed E-state index contributed by atoms with van der Waals surface area (Å²) in [7, 11) is 0. The zero-order valence-corrected chi connectivity index (χ0v) is 24.8. The van der Waals surface area contributed by atoms with E-state index >= 15 is 8.78 Å². The van der Waals surface area contributed by atoms with Gasteiger partial charge in [-0.15, -0.1) is 0 Å². The quantitative estimate of drug-likeness (QED) is 0.179. The predicted molar refractivity (Wildman–Crippen MR) is 160 cm³/mol. The number of ether oxygens (including phenoxy) is 2. The van der Waals surface area contributed by atoms with E-state index in [0.29, 0.717) is 23.4 Å². The maximum Gasteiger partial charge on any atom is 0.335 e. The minimum atomic E-state index is -1.09. The van der Waals surface area contributed by atoms with Gasteiger partial charge < -0.3 is 19.1 Å². The molecular formula is C34H29F3N4O4. The molecule has 0 saturated heterocycles. The van der Waals surface area contributed by atoms with Crippen LogP contribution in [0.5, 0.6) is 5.88 Å². The molecule has 0 atom stereocenters. The van der Waals surface area contributed by atoms with E-state index in [1.807, 2.05) is 26.8 Å². The number of nitriles is 1. The Balaban J connectivity index is 1.40. The van der Waals surface area contributed by atoms with Crippen molar-refractivity contribution < 1.29 is 32.5 Å². The fourth-order valence-corrected chi connectivity index (χ4v) is 4.75. The number of aromatic nitrogens is 3. The van der Waals surface area contributed by atoms with Crippen molar-refractivity contribution in [1.82, 2.24) is 14.5 Å². The maximum absolute atomic E-state index is 15.5. The SMILES string of the molecule is CC(C)(C)OCCn1c(Cc2cc(F)c(-c3cccc(OCc4ccc(C#N)cc4F)n3)cc2F)nc2ccc(C(=O)O)cc21. The molecule has 5 rings (SSSR count). The van der Waals surface area contributed by atoms with Crippen LogP contribution in [-0.4, -0.2) is 37.8 Å². The number of rotatable bonds is 10. The second-order valence-electron chi connectivity index (χ2n) is 11.3. The van der Waals surface area contributed by atoms with E-state index in [1.54, 1.807) is 16.7 Å². The molecule has 0 saturated carbocycles. The lowest BCUT2D eigenvalue weighted by molar-refractivity contribution is -0.00670. The van der Waals surface area contributed by atoms with E-state index < -0.39 is 29.0 Å². The third-order valence-electron chi connectivity index (χ3n) is 6.97. The molecule has 45 heavy (non-hydrogen) atoms. The summed E-state index contributed by atoms with van der Waals surface area (Å²) in [6, 6.07) is 17.1. The summed E-state index contributed by atoms with van der Waals surface area (Å²) in [5, 5.41) is 18.4. The molecule has 0 fully saturated rings. The topological polar surface area (TPSA) is 110 Å². The van der Waals surface area contributed by atoms with Gasteiger partial charge in [-0.2, -0.15) is 5.26 Å². The van der Waals surface area contributed by atoms with Crippen molar-refractivity contribution in [2.45, 2.75) is 45.9 Å². The highest BCUT2D eigenvalue weighted by atomic mass is 19.1. The molecule has 2 heterocycles. The Morgan fingerprint density at radius 1 is 0.956 bits per heavy atom. The predicted octanol–water partition coefficient (Wildman–Crippen LogP) is 7.07. The monoisotopic (exact) mass is 614 g/mol. The molecule has 0 aliphatic heterocycles. The first-order chi connectivity index (χ1) is 21.4. The largest absolute Gasteiger partial charge is 0.478 e. The van der Waals surface area contributed by atoms with Crippen LogP contribution in [0.15, 0.2) is 66.7 Å². The third-order valence-corrected chi connectivity index (χ3v) is 6.97. The Labute approximate surface area is 257 Å².